The van der Waals surface area contributed by atoms with Crippen molar-refractivity contribution in [3.63, 3.8) is 0 Å². The summed E-state index contributed by atoms with van der Waals surface area (Å²) in [6.45, 7) is -0.243. The fourth-order valence-corrected chi connectivity index (χ4v) is 3.86. The Hall–Kier alpha value is -0.710. The molecule has 3 aromatic rings. The number of aliphatic hydroxyl groups excluding tert-OH is 1. The van der Waals surface area contributed by atoms with E-state index in [-0.39, 0.29) is 16.7 Å². The first-order valence-electron chi connectivity index (χ1n) is 7.22. The van der Waals surface area contributed by atoms with E-state index in [1.807, 2.05) is 0 Å². The highest BCUT2D eigenvalue weighted by atomic mass is 35.5. The van der Waals surface area contributed by atoms with E-state index in [4.69, 9.17) is 69.6 Å². The SMILES string of the molecule is OCc1ccc(-c2cc(Cl)cc(Cl)c2Cl)nc1-c1cc(Cl)cc(Cl)c1Cl. The van der Waals surface area contributed by atoms with E-state index >= 15 is 0 Å². The molecule has 2 nitrogen and oxygen atoms in total. The summed E-state index contributed by atoms with van der Waals surface area (Å²) in [5.74, 6) is 0. The van der Waals surface area contributed by atoms with Crippen LogP contribution in [0.2, 0.25) is 30.1 Å². The monoisotopic (exact) mass is 465 g/mol. The maximum Gasteiger partial charge on any atom is 0.0780 e. The predicted molar refractivity (Wildman–Crippen MR) is 111 cm³/mol. The number of hydrogen-bond donors (Lipinski definition) is 1. The van der Waals surface area contributed by atoms with Gasteiger partial charge in [-0.25, -0.2) is 4.98 Å². The van der Waals surface area contributed by atoms with E-state index in [0.717, 1.165) is 0 Å². The highest BCUT2D eigenvalue weighted by Crippen LogP contribution is 2.40. The first kappa shape index (κ1) is 20.0. The predicted octanol–water partition coefficient (Wildman–Crippen LogP) is 7.83. The Balaban J connectivity index is 2.27. The number of pyridine rings is 1. The zero-order chi connectivity index (χ0) is 19.0. The second-order valence-corrected chi connectivity index (χ2v) is 7.80. The van der Waals surface area contributed by atoms with Gasteiger partial charge in [0.15, 0.2) is 0 Å². The molecule has 0 aliphatic heterocycles. The summed E-state index contributed by atoms with van der Waals surface area (Å²) in [5.41, 5.74) is 2.56. The van der Waals surface area contributed by atoms with Crippen LogP contribution in [0.4, 0.5) is 0 Å². The van der Waals surface area contributed by atoms with Crippen molar-refractivity contribution in [1.82, 2.24) is 4.98 Å². The van der Waals surface area contributed by atoms with Gasteiger partial charge in [-0.1, -0.05) is 75.7 Å². The second kappa shape index (κ2) is 8.12. The molecule has 26 heavy (non-hydrogen) atoms. The van der Waals surface area contributed by atoms with E-state index < -0.39 is 0 Å². The van der Waals surface area contributed by atoms with Crippen LogP contribution < -0.4 is 0 Å². The van der Waals surface area contributed by atoms with Crippen LogP contribution >= 0.6 is 69.6 Å². The van der Waals surface area contributed by atoms with Gasteiger partial charge >= 0.3 is 0 Å². The molecule has 0 radical (unpaired) electrons. The average Bonchev–Trinajstić information content (AvgIpc) is 2.60. The number of aromatic nitrogens is 1. The van der Waals surface area contributed by atoms with Crippen molar-refractivity contribution in [2.45, 2.75) is 6.61 Å². The lowest BCUT2D eigenvalue weighted by atomic mass is 10.0. The summed E-state index contributed by atoms with van der Waals surface area (Å²) in [6, 6.07) is 9.80. The van der Waals surface area contributed by atoms with Crippen molar-refractivity contribution in [2.75, 3.05) is 0 Å². The lowest BCUT2D eigenvalue weighted by molar-refractivity contribution is 0.282. The summed E-state index contributed by atoms with van der Waals surface area (Å²) in [7, 11) is 0. The highest BCUT2D eigenvalue weighted by Gasteiger charge is 2.17. The normalized spacial score (nSPS) is 11.0. The van der Waals surface area contributed by atoms with Crippen LogP contribution in [0.15, 0.2) is 36.4 Å². The highest BCUT2D eigenvalue weighted by molar-refractivity contribution is 6.45. The van der Waals surface area contributed by atoms with Crippen LogP contribution in [-0.2, 0) is 6.61 Å². The number of nitrogens with zero attached hydrogens (tertiary/aromatic N) is 1. The second-order valence-electron chi connectivity index (χ2n) is 5.36. The Kier molecular flexibility index (Phi) is 6.25. The molecule has 0 aliphatic carbocycles. The molecule has 0 saturated heterocycles. The molecule has 0 saturated carbocycles. The molecule has 0 fully saturated rings. The number of aliphatic hydroxyl groups is 1. The fourth-order valence-electron chi connectivity index (χ4n) is 2.47. The van der Waals surface area contributed by atoms with Gasteiger partial charge < -0.3 is 5.11 Å². The van der Waals surface area contributed by atoms with E-state index in [9.17, 15) is 5.11 Å². The summed E-state index contributed by atoms with van der Waals surface area (Å²) >= 11 is 37.1. The molecule has 0 atom stereocenters. The van der Waals surface area contributed by atoms with Gasteiger partial charge in [-0.3, -0.25) is 0 Å². The number of hydrogen-bond acceptors (Lipinski definition) is 2. The fraction of sp³-hybridized carbons (Fsp3) is 0.0556. The number of halogens is 6. The zero-order valence-electron chi connectivity index (χ0n) is 12.8. The molecular formula is C18H9Cl6NO. The van der Waals surface area contributed by atoms with Gasteiger partial charge in [0.05, 0.1) is 38.1 Å². The van der Waals surface area contributed by atoms with Crippen molar-refractivity contribution < 1.29 is 5.11 Å². The van der Waals surface area contributed by atoms with Crippen LogP contribution in [-0.4, -0.2) is 10.1 Å². The number of benzene rings is 2. The first-order valence-corrected chi connectivity index (χ1v) is 9.49. The van der Waals surface area contributed by atoms with Gasteiger partial charge in [0.1, 0.15) is 0 Å². The largest absolute Gasteiger partial charge is 0.392 e. The molecule has 1 N–H and O–H groups in total. The Morgan fingerprint density at radius 3 is 1.85 bits per heavy atom. The van der Waals surface area contributed by atoms with Gasteiger partial charge in [-0.15, -0.1) is 0 Å². The molecule has 1 heterocycles. The van der Waals surface area contributed by atoms with Crippen molar-refractivity contribution in [3.8, 4) is 22.5 Å². The Bertz CT molecular complexity index is 1010. The van der Waals surface area contributed by atoms with E-state index in [2.05, 4.69) is 4.98 Å². The maximum atomic E-state index is 9.70. The lowest BCUT2D eigenvalue weighted by Gasteiger charge is -2.13. The van der Waals surface area contributed by atoms with E-state index in [0.29, 0.717) is 48.2 Å². The van der Waals surface area contributed by atoms with Crippen molar-refractivity contribution >= 4 is 69.6 Å². The molecule has 1 aromatic heterocycles. The van der Waals surface area contributed by atoms with Gasteiger partial charge in [-0.2, -0.15) is 0 Å². The van der Waals surface area contributed by atoms with Crippen LogP contribution in [0.1, 0.15) is 5.56 Å². The maximum absolute atomic E-state index is 9.70. The van der Waals surface area contributed by atoms with Gasteiger partial charge in [0, 0.05) is 26.7 Å². The smallest absolute Gasteiger partial charge is 0.0780 e. The minimum Gasteiger partial charge on any atom is -0.392 e. The molecule has 2 aromatic carbocycles. The Morgan fingerprint density at radius 2 is 1.27 bits per heavy atom. The summed E-state index contributed by atoms with van der Waals surface area (Å²) in [4.78, 5) is 4.61. The first-order chi connectivity index (χ1) is 12.3. The molecule has 0 aliphatic rings. The Morgan fingerprint density at radius 1 is 0.731 bits per heavy atom. The van der Waals surface area contributed by atoms with Crippen LogP contribution in [0, 0.1) is 0 Å². The van der Waals surface area contributed by atoms with Crippen LogP contribution in [0.3, 0.4) is 0 Å². The van der Waals surface area contributed by atoms with Crippen molar-refractivity contribution in [2.24, 2.45) is 0 Å². The molecule has 0 spiro atoms. The molecule has 134 valence electrons. The van der Waals surface area contributed by atoms with Crippen molar-refractivity contribution in [1.29, 1.82) is 0 Å². The third-order valence-corrected chi connectivity index (χ3v) is 5.71. The third kappa shape index (κ3) is 3.93. The Labute approximate surface area is 180 Å². The lowest BCUT2D eigenvalue weighted by Crippen LogP contribution is -1.97. The third-order valence-electron chi connectivity index (χ3n) is 3.67. The average molecular weight is 468 g/mol. The summed E-state index contributed by atoms with van der Waals surface area (Å²) in [6.07, 6.45) is 0. The topological polar surface area (TPSA) is 33.1 Å². The van der Waals surface area contributed by atoms with E-state index in [1.165, 1.54) is 6.07 Å². The minimum atomic E-state index is -0.243. The summed E-state index contributed by atoms with van der Waals surface area (Å²) in [5, 5.41) is 11.7. The quantitative estimate of drug-likeness (QED) is 0.398. The zero-order valence-corrected chi connectivity index (χ0v) is 17.4. The summed E-state index contributed by atoms with van der Waals surface area (Å²) < 4.78 is 0. The molecule has 8 heteroatoms. The number of rotatable bonds is 3. The van der Waals surface area contributed by atoms with Crippen LogP contribution in [0.25, 0.3) is 22.5 Å². The van der Waals surface area contributed by atoms with Gasteiger partial charge in [0.2, 0.25) is 0 Å². The van der Waals surface area contributed by atoms with Gasteiger partial charge in [-0.05, 0) is 30.3 Å². The molecule has 3 rings (SSSR count). The molecule has 0 unspecified atom stereocenters. The van der Waals surface area contributed by atoms with Crippen molar-refractivity contribution in [3.05, 3.63) is 72.1 Å². The van der Waals surface area contributed by atoms with Crippen LogP contribution in [0.5, 0.6) is 0 Å². The molecule has 0 amide bonds. The van der Waals surface area contributed by atoms with Gasteiger partial charge in [0.25, 0.3) is 0 Å². The standard InChI is InChI=1S/C18H9Cl6NO/c19-9-3-11(16(23)13(21)5-9)15-2-1-8(7-26)18(25-15)12-4-10(20)6-14(22)17(12)24/h1-6,26H,7H2. The molecule has 0 bridgehead atoms. The van der Waals surface area contributed by atoms with E-state index in [1.54, 1.807) is 30.3 Å². The minimum absolute atomic E-state index is 0.243. The molecular weight excluding hydrogens is 459 g/mol.